The Hall–Kier alpha value is -15.1. The van der Waals surface area contributed by atoms with E-state index in [2.05, 4.69) is 80.8 Å². The zero-order valence-electron chi connectivity index (χ0n) is 57.5. The predicted octanol–water partition coefficient (Wildman–Crippen LogP) is 21.0. The number of pyridine rings is 1. The van der Waals surface area contributed by atoms with E-state index < -0.39 is 0 Å². The molecule has 7 heterocycles. The second kappa shape index (κ2) is 27.3. The summed E-state index contributed by atoms with van der Waals surface area (Å²) in [5.41, 5.74) is 18.6. The van der Waals surface area contributed by atoms with Gasteiger partial charge in [0, 0.05) is 68.3 Å². The van der Waals surface area contributed by atoms with Gasteiger partial charge < -0.3 is 8.83 Å². The Labute approximate surface area is 616 Å². The number of nitrogens with zero attached hydrogens (tertiary/aromatic N) is 11. The van der Waals surface area contributed by atoms with Crippen molar-refractivity contribution in [2.45, 2.75) is 0 Å². The fourth-order valence-corrected chi connectivity index (χ4v) is 14.0. The lowest BCUT2D eigenvalue weighted by molar-refractivity contribution is 0.659. The third-order valence-corrected chi connectivity index (χ3v) is 19.3. The Morgan fingerprint density at radius 2 is 0.611 bits per heavy atom. The van der Waals surface area contributed by atoms with Crippen molar-refractivity contribution in [2.24, 2.45) is 0 Å². The van der Waals surface area contributed by atoms with Crippen LogP contribution in [0, 0.1) is 0 Å². The summed E-state index contributed by atoms with van der Waals surface area (Å²) in [5, 5.41) is 2.20. The highest BCUT2D eigenvalue weighted by Gasteiger charge is 2.22. The van der Waals surface area contributed by atoms with Gasteiger partial charge in [0.1, 0.15) is 34.0 Å². The molecule has 13 aromatic carbocycles. The zero-order chi connectivity index (χ0) is 72.0. The summed E-state index contributed by atoms with van der Waals surface area (Å²) in [7, 11) is 0. The number of benzene rings is 13. The zero-order valence-corrected chi connectivity index (χ0v) is 57.5. The third kappa shape index (κ3) is 12.0. The van der Waals surface area contributed by atoms with E-state index in [1.54, 1.807) is 24.5 Å². The van der Waals surface area contributed by atoms with Crippen LogP contribution in [0.15, 0.2) is 364 Å². The first kappa shape index (κ1) is 63.8. The molecule has 0 radical (unpaired) electrons. The van der Waals surface area contributed by atoms with Gasteiger partial charge in [0.05, 0.1) is 43.6 Å². The molecule has 7 aromatic heterocycles. The lowest BCUT2D eigenvalue weighted by Gasteiger charge is -2.13. The lowest BCUT2D eigenvalue weighted by atomic mass is 9.97. The summed E-state index contributed by atoms with van der Waals surface area (Å²) in [4.78, 5) is 70.9. The van der Waals surface area contributed by atoms with Gasteiger partial charge in [-0.25, -0.2) is 39.9 Å². The molecule has 15 heteroatoms. The second-order valence-corrected chi connectivity index (χ2v) is 26.0. The summed E-state index contributed by atoms with van der Waals surface area (Å²) in [6.07, 6.45) is 3.48. The quantitative estimate of drug-likeness (QED) is 0.105. The monoisotopic (exact) mass is 1390 g/mol. The van der Waals surface area contributed by atoms with Gasteiger partial charge in [-0.05, 0) is 138 Å². The van der Waals surface area contributed by atoms with Gasteiger partial charge in [-0.2, -0.15) is 0 Å². The van der Waals surface area contributed by atoms with E-state index in [1.807, 2.05) is 255 Å². The van der Waals surface area contributed by atoms with E-state index >= 15 is 0 Å². The van der Waals surface area contributed by atoms with E-state index in [-0.39, 0.29) is 10.9 Å². The molecule has 20 rings (SSSR count). The molecule has 0 fully saturated rings. The van der Waals surface area contributed by atoms with Crippen LogP contribution in [-0.2, 0) is 0 Å². The number of hydrogen-bond donors (Lipinski definition) is 0. The highest BCUT2D eigenvalue weighted by Crippen LogP contribution is 2.38. The van der Waals surface area contributed by atoms with E-state index in [0.717, 1.165) is 112 Å². The molecule has 20 aromatic rings. The molecule has 0 N–H and O–H groups in total. The maximum atomic E-state index is 13.3. The van der Waals surface area contributed by atoms with Crippen LogP contribution in [-0.4, -0.2) is 54.0 Å². The average Bonchev–Trinajstić information content (AvgIpc) is 1.15. The number of rotatable bonds is 12. The van der Waals surface area contributed by atoms with Gasteiger partial charge >= 0.3 is 0 Å². The molecule has 0 saturated heterocycles. The summed E-state index contributed by atoms with van der Waals surface area (Å²) in [6, 6.07) is 109. The standard InChI is InChI=1S/C47H29N5O2.C46H28N6O2/c53-43-37-18-7-10-21-41(37)54-42-29-34(26-27-38(42)43)33-14-11-15-35(28-33)46-50-44(30-12-3-1-4-13-30)49-45(51-46)31-22-24-32(25-23-31)47-48-39-19-8-9-20-40(39)52(47)36-16-5-2-6-17-36;53-42-36-16-6-9-19-40(36)54-41-27-31(24-25-37(41)42)34-14-4-5-15-35(34)45-50-43(49-44(51-45)32-11-10-26-47-28-32)29-20-22-30(23-21-29)46-48-38-17-7-8-18-39(38)52(46)33-12-2-1-3-13-33/h1-29H;1-28H. The van der Waals surface area contributed by atoms with Crippen molar-refractivity contribution in [3.8, 4) is 125 Å². The van der Waals surface area contributed by atoms with Gasteiger partial charge in [-0.15, -0.1) is 0 Å². The van der Waals surface area contributed by atoms with Gasteiger partial charge in [-0.3, -0.25) is 23.7 Å². The van der Waals surface area contributed by atoms with Crippen molar-refractivity contribution in [3.05, 3.63) is 366 Å². The number of imidazole rings is 2. The molecular formula is C93H57N11O4. The minimum Gasteiger partial charge on any atom is -0.456 e. The first-order chi connectivity index (χ1) is 53.3. The van der Waals surface area contributed by atoms with Gasteiger partial charge in [0.15, 0.2) is 34.9 Å². The van der Waals surface area contributed by atoms with Crippen molar-refractivity contribution >= 4 is 65.9 Å². The number of aromatic nitrogens is 11. The SMILES string of the molecule is O=c1c2ccccc2oc2cc(-c3cccc(-c4nc(-c5ccccc5)nc(-c5ccc(-c6nc7ccccc7n6-c6ccccc6)cc5)n4)c3)ccc12.O=c1c2ccccc2oc2cc(-c3ccccc3-c3nc(-c4ccc(-c5nc6ccccc6n5-c5ccccc5)cc4)nc(-c4cccnc4)n3)ccc12. The topological polar surface area (TPSA) is 186 Å². The van der Waals surface area contributed by atoms with Crippen LogP contribution in [0.25, 0.3) is 191 Å². The lowest BCUT2D eigenvalue weighted by Crippen LogP contribution is -2.02. The molecule has 0 unspecified atom stereocenters. The van der Waals surface area contributed by atoms with Crippen LogP contribution < -0.4 is 10.9 Å². The molecule has 0 atom stereocenters. The molecular weight excluding hydrogens is 1340 g/mol. The highest BCUT2D eigenvalue weighted by atomic mass is 16.3. The first-order valence-electron chi connectivity index (χ1n) is 35.2. The number of para-hydroxylation sites is 8. The summed E-state index contributed by atoms with van der Waals surface area (Å²) >= 11 is 0. The fraction of sp³-hybridized carbons (Fsp3) is 0. The molecule has 0 aliphatic heterocycles. The maximum Gasteiger partial charge on any atom is 0.200 e. The largest absolute Gasteiger partial charge is 0.456 e. The van der Waals surface area contributed by atoms with Crippen molar-refractivity contribution in [1.29, 1.82) is 0 Å². The summed E-state index contributed by atoms with van der Waals surface area (Å²) < 4.78 is 16.8. The molecule has 508 valence electrons. The van der Waals surface area contributed by atoms with Crippen molar-refractivity contribution < 1.29 is 8.83 Å². The maximum absolute atomic E-state index is 13.3. The Balaban J connectivity index is 0.000000147. The van der Waals surface area contributed by atoms with Gasteiger partial charge in [0.2, 0.25) is 10.9 Å². The van der Waals surface area contributed by atoms with Crippen LogP contribution in [0.1, 0.15) is 0 Å². The van der Waals surface area contributed by atoms with Crippen LogP contribution in [0.4, 0.5) is 0 Å². The Morgan fingerprint density at radius 1 is 0.241 bits per heavy atom. The molecule has 0 aliphatic rings. The van der Waals surface area contributed by atoms with Crippen molar-refractivity contribution in [2.75, 3.05) is 0 Å². The van der Waals surface area contributed by atoms with Crippen LogP contribution in [0.3, 0.4) is 0 Å². The van der Waals surface area contributed by atoms with Crippen molar-refractivity contribution in [3.63, 3.8) is 0 Å². The van der Waals surface area contributed by atoms with E-state index in [4.69, 9.17) is 48.7 Å². The second-order valence-electron chi connectivity index (χ2n) is 26.0. The highest BCUT2D eigenvalue weighted by molar-refractivity contribution is 5.95. The van der Waals surface area contributed by atoms with Crippen LogP contribution in [0.5, 0.6) is 0 Å². The Morgan fingerprint density at radius 3 is 1.15 bits per heavy atom. The van der Waals surface area contributed by atoms with E-state index in [9.17, 15) is 9.59 Å². The van der Waals surface area contributed by atoms with Gasteiger partial charge in [-0.1, -0.05) is 218 Å². The number of hydrogen-bond acceptors (Lipinski definition) is 13. The average molecular weight is 1390 g/mol. The molecule has 0 amide bonds. The molecule has 0 spiro atoms. The molecule has 0 bridgehead atoms. The van der Waals surface area contributed by atoms with E-state index in [0.29, 0.717) is 78.8 Å². The van der Waals surface area contributed by atoms with Crippen molar-refractivity contribution in [1.82, 2.24) is 54.0 Å². The van der Waals surface area contributed by atoms with Crippen LogP contribution in [0.2, 0.25) is 0 Å². The van der Waals surface area contributed by atoms with Gasteiger partial charge in [0.25, 0.3) is 0 Å². The van der Waals surface area contributed by atoms with Crippen LogP contribution >= 0.6 is 0 Å². The number of fused-ring (bicyclic) bond motifs is 6. The summed E-state index contributed by atoms with van der Waals surface area (Å²) in [6.45, 7) is 0. The molecule has 108 heavy (non-hydrogen) atoms. The Kier molecular flexibility index (Phi) is 16.1. The smallest absolute Gasteiger partial charge is 0.200 e. The normalized spacial score (nSPS) is 11.4. The summed E-state index contributed by atoms with van der Waals surface area (Å²) in [5.74, 6) is 4.92. The predicted molar refractivity (Wildman–Crippen MR) is 428 cm³/mol. The third-order valence-electron chi connectivity index (χ3n) is 19.3. The minimum atomic E-state index is -0.0572. The molecule has 0 aliphatic carbocycles. The molecule has 15 nitrogen and oxygen atoms in total. The van der Waals surface area contributed by atoms with E-state index in [1.165, 1.54) is 0 Å². The molecule has 0 saturated carbocycles. The fourth-order valence-electron chi connectivity index (χ4n) is 14.0. The Bertz CT molecular complexity index is 6970. The first-order valence-corrected chi connectivity index (χ1v) is 35.2. The minimum absolute atomic E-state index is 0.0406.